The number of nitrogens with two attached hydrogens (primary N) is 1. The predicted octanol–water partition coefficient (Wildman–Crippen LogP) is 1.35. The average molecular weight is 306 g/mol. The Morgan fingerprint density at radius 3 is 2.55 bits per heavy atom. The summed E-state index contributed by atoms with van der Waals surface area (Å²) in [5.41, 5.74) is 5.93. The van der Waals surface area contributed by atoms with Gasteiger partial charge in [0.05, 0.1) is 0 Å². The van der Waals surface area contributed by atoms with E-state index in [0.29, 0.717) is 25.3 Å². The van der Waals surface area contributed by atoms with E-state index in [9.17, 15) is 9.59 Å². The first kappa shape index (κ1) is 19.2. The first-order valence-corrected chi connectivity index (χ1v) is 7.34. The minimum absolute atomic E-state index is 0. The number of halogens is 1. The third-order valence-corrected chi connectivity index (χ3v) is 3.86. The number of hydrogen-bond donors (Lipinski definition) is 3. The van der Waals surface area contributed by atoms with Gasteiger partial charge in [-0.25, -0.2) is 0 Å². The number of amides is 2. The molecule has 5 nitrogen and oxygen atoms in total. The molecule has 6 heteroatoms. The Hall–Kier alpha value is -0.810. The lowest BCUT2D eigenvalue weighted by atomic mass is 10.00. The molecule has 1 unspecified atom stereocenters. The third kappa shape index (κ3) is 7.10. The second-order valence-corrected chi connectivity index (χ2v) is 5.54. The van der Waals surface area contributed by atoms with Crippen LogP contribution < -0.4 is 16.4 Å². The fourth-order valence-corrected chi connectivity index (χ4v) is 2.39. The van der Waals surface area contributed by atoms with Crippen molar-refractivity contribution >= 4 is 24.2 Å². The van der Waals surface area contributed by atoms with E-state index in [2.05, 4.69) is 10.6 Å². The molecule has 0 aromatic heterocycles. The van der Waals surface area contributed by atoms with Crippen LogP contribution in [0.1, 0.15) is 52.4 Å². The topological polar surface area (TPSA) is 84.2 Å². The van der Waals surface area contributed by atoms with E-state index in [-0.39, 0.29) is 36.3 Å². The molecule has 3 atom stereocenters. The van der Waals surface area contributed by atoms with Crippen molar-refractivity contribution in [1.82, 2.24) is 10.6 Å². The fourth-order valence-electron chi connectivity index (χ4n) is 2.39. The lowest BCUT2D eigenvalue weighted by Crippen LogP contribution is -2.36. The first-order valence-electron chi connectivity index (χ1n) is 7.34. The number of nitrogens with one attached hydrogen (secondary N) is 2. The van der Waals surface area contributed by atoms with Crippen molar-refractivity contribution in [3.63, 3.8) is 0 Å². The molecule has 0 spiro atoms. The predicted molar refractivity (Wildman–Crippen MR) is 82.7 cm³/mol. The zero-order chi connectivity index (χ0) is 14.3. The lowest BCUT2D eigenvalue weighted by Gasteiger charge is -2.15. The molecule has 1 aliphatic carbocycles. The van der Waals surface area contributed by atoms with Crippen molar-refractivity contribution < 1.29 is 9.59 Å². The maximum atomic E-state index is 11.7. The molecule has 0 heterocycles. The van der Waals surface area contributed by atoms with Crippen molar-refractivity contribution in [3.05, 3.63) is 0 Å². The molecule has 4 N–H and O–H groups in total. The van der Waals surface area contributed by atoms with Crippen LogP contribution in [0.15, 0.2) is 0 Å². The highest BCUT2D eigenvalue weighted by Crippen LogP contribution is 2.26. The monoisotopic (exact) mass is 305 g/mol. The molecule has 0 bridgehead atoms. The third-order valence-electron chi connectivity index (χ3n) is 3.86. The molecule has 1 saturated carbocycles. The van der Waals surface area contributed by atoms with Gasteiger partial charge in [-0.2, -0.15) is 0 Å². The summed E-state index contributed by atoms with van der Waals surface area (Å²) >= 11 is 0. The van der Waals surface area contributed by atoms with Crippen molar-refractivity contribution in [3.8, 4) is 0 Å². The van der Waals surface area contributed by atoms with Crippen LogP contribution in [0.4, 0.5) is 0 Å². The molecule has 0 aliphatic heterocycles. The van der Waals surface area contributed by atoms with Crippen LogP contribution >= 0.6 is 12.4 Å². The minimum atomic E-state index is -0.00721. The van der Waals surface area contributed by atoms with Gasteiger partial charge in [-0.15, -0.1) is 12.4 Å². The van der Waals surface area contributed by atoms with Crippen LogP contribution in [0.5, 0.6) is 0 Å². The largest absolute Gasteiger partial charge is 0.356 e. The maximum absolute atomic E-state index is 11.7. The van der Waals surface area contributed by atoms with E-state index in [0.717, 1.165) is 25.7 Å². The number of hydrogen-bond acceptors (Lipinski definition) is 3. The smallest absolute Gasteiger partial charge is 0.221 e. The first-order chi connectivity index (χ1) is 9.02. The summed E-state index contributed by atoms with van der Waals surface area (Å²) in [4.78, 5) is 23.2. The number of carbonyl (C=O) groups excluding carboxylic acids is 2. The van der Waals surface area contributed by atoms with Crippen molar-refractivity contribution in [1.29, 1.82) is 0 Å². The zero-order valence-electron chi connectivity index (χ0n) is 12.5. The molecule has 118 valence electrons. The lowest BCUT2D eigenvalue weighted by molar-refractivity contribution is -0.123. The minimum Gasteiger partial charge on any atom is -0.356 e. The quantitative estimate of drug-likeness (QED) is 0.664. The van der Waals surface area contributed by atoms with Gasteiger partial charge in [0, 0.05) is 31.5 Å². The van der Waals surface area contributed by atoms with Gasteiger partial charge >= 0.3 is 0 Å². The van der Waals surface area contributed by atoms with Crippen molar-refractivity contribution in [2.24, 2.45) is 11.7 Å². The summed E-state index contributed by atoms with van der Waals surface area (Å²) in [7, 11) is 0. The molecule has 1 fully saturated rings. The Morgan fingerprint density at radius 2 is 2.00 bits per heavy atom. The molecular formula is C14H28ClN3O2. The molecule has 2 amide bonds. The van der Waals surface area contributed by atoms with Crippen LogP contribution in [0.3, 0.4) is 0 Å². The second-order valence-electron chi connectivity index (χ2n) is 5.54. The molecule has 20 heavy (non-hydrogen) atoms. The standard InChI is InChI=1S/C14H27N3O2.ClH/c1-3-10(2)17-13(18)7-8-16-14(19)9-11-5-4-6-12(11)15;/h10-12H,3-9,15H2,1-2H3,(H,16,19)(H,17,18);1H/t10?,11-,12+;/m0./s1. The maximum Gasteiger partial charge on any atom is 0.221 e. The van der Waals surface area contributed by atoms with Gasteiger partial charge in [0.1, 0.15) is 0 Å². The molecule has 0 aromatic carbocycles. The summed E-state index contributed by atoms with van der Waals surface area (Å²) in [6.07, 6.45) is 4.94. The van der Waals surface area contributed by atoms with E-state index < -0.39 is 0 Å². The molecule has 1 rings (SSSR count). The SMILES string of the molecule is CCC(C)NC(=O)CCNC(=O)C[C@@H]1CCC[C@H]1N.Cl. The zero-order valence-corrected chi connectivity index (χ0v) is 13.3. The molecule has 0 saturated heterocycles. The summed E-state index contributed by atoms with van der Waals surface area (Å²) in [6, 6.07) is 0.360. The van der Waals surface area contributed by atoms with E-state index in [1.165, 1.54) is 0 Å². The van der Waals surface area contributed by atoms with Crippen molar-refractivity contribution in [2.75, 3.05) is 6.54 Å². The molecule has 0 radical (unpaired) electrons. The number of rotatable bonds is 7. The normalized spacial score (nSPS) is 22.8. The second kappa shape index (κ2) is 10.00. The van der Waals surface area contributed by atoms with E-state index in [4.69, 9.17) is 5.73 Å². The van der Waals surface area contributed by atoms with Crippen LogP contribution in [0.2, 0.25) is 0 Å². The van der Waals surface area contributed by atoms with E-state index in [1.54, 1.807) is 0 Å². The number of carbonyl (C=O) groups is 2. The average Bonchev–Trinajstić information content (AvgIpc) is 2.74. The van der Waals surface area contributed by atoms with Crippen LogP contribution in [-0.4, -0.2) is 30.4 Å². The van der Waals surface area contributed by atoms with Gasteiger partial charge in [0.2, 0.25) is 11.8 Å². The van der Waals surface area contributed by atoms with E-state index >= 15 is 0 Å². The van der Waals surface area contributed by atoms with E-state index in [1.807, 2.05) is 13.8 Å². The van der Waals surface area contributed by atoms with Crippen LogP contribution in [-0.2, 0) is 9.59 Å². The Morgan fingerprint density at radius 1 is 1.30 bits per heavy atom. The highest BCUT2D eigenvalue weighted by atomic mass is 35.5. The Bertz CT molecular complexity index is 313. The Labute approximate surface area is 127 Å². The highest BCUT2D eigenvalue weighted by Gasteiger charge is 2.25. The highest BCUT2D eigenvalue weighted by molar-refractivity contribution is 5.85. The van der Waals surface area contributed by atoms with Gasteiger partial charge in [-0.05, 0) is 32.1 Å². The van der Waals surface area contributed by atoms with Gasteiger partial charge < -0.3 is 16.4 Å². The summed E-state index contributed by atoms with van der Waals surface area (Å²) < 4.78 is 0. The fraction of sp³-hybridized carbons (Fsp3) is 0.857. The summed E-state index contributed by atoms with van der Waals surface area (Å²) in [6.45, 7) is 4.40. The van der Waals surface area contributed by atoms with Crippen molar-refractivity contribution in [2.45, 2.75) is 64.5 Å². The van der Waals surface area contributed by atoms with Gasteiger partial charge in [-0.3, -0.25) is 9.59 Å². The van der Waals surface area contributed by atoms with Crippen LogP contribution in [0, 0.1) is 5.92 Å². The van der Waals surface area contributed by atoms with Gasteiger partial charge in [0.15, 0.2) is 0 Å². The molecule has 0 aromatic rings. The Kier molecular flexibility index (Phi) is 9.59. The molecular weight excluding hydrogens is 278 g/mol. The summed E-state index contributed by atoms with van der Waals surface area (Å²) in [5, 5.41) is 5.67. The Balaban J connectivity index is 0.00000361. The molecule has 1 aliphatic rings. The summed E-state index contributed by atoms with van der Waals surface area (Å²) in [5.74, 6) is 0.319. The van der Waals surface area contributed by atoms with Crippen LogP contribution in [0.25, 0.3) is 0 Å². The van der Waals surface area contributed by atoms with Gasteiger partial charge in [-0.1, -0.05) is 13.3 Å². The van der Waals surface area contributed by atoms with Gasteiger partial charge in [0.25, 0.3) is 0 Å².